The minimum Gasteiger partial charge on any atom is -0.317 e. The maximum Gasteiger partial charge on any atom is 0.0619 e. The Morgan fingerprint density at radius 1 is 0.500 bits per heavy atom. The van der Waals surface area contributed by atoms with Gasteiger partial charge in [0, 0.05) is 51.5 Å². The van der Waals surface area contributed by atoms with Gasteiger partial charge >= 0.3 is 0 Å². The van der Waals surface area contributed by atoms with E-state index in [4.69, 9.17) is 0 Å². The predicted octanol–water partition coefficient (Wildman–Crippen LogP) is 8.94. The number of hydrogen-bond donors (Lipinski definition) is 0. The molecule has 8 rings (SSSR count). The number of hydrogen-bond acceptors (Lipinski definition) is 1. The quantitative estimate of drug-likeness (QED) is 0.245. The molecule has 0 saturated carbocycles. The Hall–Kier alpha value is -5.15. The fourth-order valence-electron chi connectivity index (χ4n) is 5.83. The highest BCUT2D eigenvalue weighted by Gasteiger charge is 2.16. The molecule has 8 aromatic rings. The average Bonchev–Trinajstić information content (AvgIpc) is 3.56. The molecule has 0 aliphatic rings. The van der Waals surface area contributed by atoms with E-state index in [1.54, 1.807) is 0 Å². The summed E-state index contributed by atoms with van der Waals surface area (Å²) in [5, 5.41) is 6.26. The molecule has 0 aliphatic heterocycles. The first kappa shape index (κ1) is 21.0. The second-order valence-corrected chi connectivity index (χ2v) is 9.76. The Balaban J connectivity index is 1.40. The molecule has 0 N–H and O–H groups in total. The van der Waals surface area contributed by atoms with Gasteiger partial charge in [-0.3, -0.25) is 4.98 Å². The van der Waals surface area contributed by atoms with Crippen LogP contribution in [-0.4, -0.2) is 14.1 Å². The van der Waals surface area contributed by atoms with E-state index in [2.05, 4.69) is 136 Å². The van der Waals surface area contributed by atoms with Crippen molar-refractivity contribution in [2.75, 3.05) is 0 Å². The number of rotatable bonds is 3. The second-order valence-electron chi connectivity index (χ2n) is 9.76. The molecular formula is C35H23N3. The molecule has 0 unspecified atom stereocenters. The summed E-state index contributed by atoms with van der Waals surface area (Å²) in [6.07, 6.45) is 5.89. The SMILES string of the molecule is c1ccc(-n2ccc3cc4c(ccc5c6ccccc6n(-c6ccc(-c7cccnc7)cc6)c45)cc32)cc1. The molecule has 5 aromatic carbocycles. The minimum absolute atomic E-state index is 1.12. The molecule has 0 spiro atoms. The fraction of sp³-hybridized carbons (Fsp3) is 0. The van der Waals surface area contributed by atoms with Crippen molar-refractivity contribution >= 4 is 43.5 Å². The lowest BCUT2D eigenvalue weighted by molar-refractivity contribution is 1.13. The van der Waals surface area contributed by atoms with Gasteiger partial charge in [0.25, 0.3) is 0 Å². The van der Waals surface area contributed by atoms with Crippen molar-refractivity contribution < 1.29 is 0 Å². The van der Waals surface area contributed by atoms with Gasteiger partial charge in [-0.1, -0.05) is 66.7 Å². The first-order chi connectivity index (χ1) is 18.8. The van der Waals surface area contributed by atoms with E-state index in [-0.39, 0.29) is 0 Å². The lowest BCUT2D eigenvalue weighted by atomic mass is 10.0. The first-order valence-electron chi connectivity index (χ1n) is 12.9. The molecule has 0 saturated heterocycles. The van der Waals surface area contributed by atoms with E-state index in [1.165, 1.54) is 49.2 Å². The minimum atomic E-state index is 1.12. The summed E-state index contributed by atoms with van der Waals surface area (Å²) >= 11 is 0. The molecule has 3 heteroatoms. The summed E-state index contributed by atoms with van der Waals surface area (Å²) in [4.78, 5) is 4.29. The number of nitrogens with zero attached hydrogens (tertiary/aromatic N) is 3. The molecule has 3 nitrogen and oxygen atoms in total. The number of fused-ring (bicyclic) bond motifs is 6. The molecule has 0 amide bonds. The molecule has 0 radical (unpaired) electrons. The third-order valence-electron chi connectivity index (χ3n) is 7.61. The Morgan fingerprint density at radius 3 is 2.18 bits per heavy atom. The van der Waals surface area contributed by atoms with Crippen molar-refractivity contribution in [2.24, 2.45) is 0 Å². The van der Waals surface area contributed by atoms with Gasteiger partial charge in [0.2, 0.25) is 0 Å². The molecule has 3 heterocycles. The Morgan fingerprint density at radius 2 is 1.34 bits per heavy atom. The van der Waals surface area contributed by atoms with Crippen molar-refractivity contribution in [1.82, 2.24) is 14.1 Å². The Labute approximate surface area is 219 Å². The molecule has 38 heavy (non-hydrogen) atoms. The van der Waals surface area contributed by atoms with Gasteiger partial charge in [-0.2, -0.15) is 0 Å². The molecule has 0 aliphatic carbocycles. The second kappa shape index (κ2) is 8.19. The van der Waals surface area contributed by atoms with E-state index < -0.39 is 0 Å². The average molecular weight is 486 g/mol. The molecule has 3 aromatic heterocycles. The summed E-state index contributed by atoms with van der Waals surface area (Å²) in [5.74, 6) is 0. The van der Waals surface area contributed by atoms with E-state index in [1.807, 2.05) is 18.5 Å². The number of aromatic nitrogens is 3. The number of para-hydroxylation sites is 2. The maximum atomic E-state index is 4.29. The highest BCUT2D eigenvalue weighted by atomic mass is 15.0. The summed E-state index contributed by atoms with van der Waals surface area (Å²) in [7, 11) is 0. The van der Waals surface area contributed by atoms with Crippen molar-refractivity contribution in [3.63, 3.8) is 0 Å². The van der Waals surface area contributed by atoms with Crippen LogP contribution in [-0.2, 0) is 0 Å². The zero-order valence-electron chi connectivity index (χ0n) is 20.6. The van der Waals surface area contributed by atoms with Crippen LogP contribution in [0.4, 0.5) is 0 Å². The Kier molecular flexibility index (Phi) is 4.52. The van der Waals surface area contributed by atoms with Crippen LogP contribution in [0.5, 0.6) is 0 Å². The summed E-state index contributed by atoms with van der Waals surface area (Å²) in [6.45, 7) is 0. The van der Waals surface area contributed by atoms with Crippen LogP contribution in [0.25, 0.3) is 66.0 Å². The fourth-order valence-corrected chi connectivity index (χ4v) is 5.83. The van der Waals surface area contributed by atoms with Gasteiger partial charge in [-0.15, -0.1) is 0 Å². The summed E-state index contributed by atoms with van der Waals surface area (Å²) in [6, 6.07) is 43.6. The lowest BCUT2D eigenvalue weighted by Crippen LogP contribution is -1.95. The zero-order chi connectivity index (χ0) is 25.1. The molecule has 0 atom stereocenters. The van der Waals surface area contributed by atoms with Crippen LogP contribution in [0, 0.1) is 0 Å². The van der Waals surface area contributed by atoms with Crippen molar-refractivity contribution in [3.05, 3.63) is 140 Å². The van der Waals surface area contributed by atoms with Gasteiger partial charge in [0.1, 0.15) is 0 Å². The van der Waals surface area contributed by atoms with Crippen molar-refractivity contribution in [2.45, 2.75) is 0 Å². The van der Waals surface area contributed by atoms with Crippen molar-refractivity contribution in [1.29, 1.82) is 0 Å². The topological polar surface area (TPSA) is 22.8 Å². The monoisotopic (exact) mass is 485 g/mol. The Bertz CT molecular complexity index is 2100. The highest BCUT2D eigenvalue weighted by Crippen LogP contribution is 2.38. The molecule has 0 fully saturated rings. The van der Waals surface area contributed by atoms with Crippen LogP contribution in [0.3, 0.4) is 0 Å². The third kappa shape index (κ3) is 3.12. The highest BCUT2D eigenvalue weighted by molar-refractivity contribution is 6.20. The van der Waals surface area contributed by atoms with E-state index in [0.29, 0.717) is 0 Å². The van der Waals surface area contributed by atoms with Crippen LogP contribution in [0.15, 0.2) is 140 Å². The van der Waals surface area contributed by atoms with Gasteiger partial charge in [-0.05, 0) is 71.1 Å². The van der Waals surface area contributed by atoms with E-state index >= 15 is 0 Å². The first-order valence-corrected chi connectivity index (χ1v) is 12.9. The van der Waals surface area contributed by atoms with Crippen LogP contribution < -0.4 is 0 Å². The zero-order valence-corrected chi connectivity index (χ0v) is 20.6. The standard InChI is InChI=1S/C35H23N3/c1-2-8-28(9-3-1)37-20-18-26-21-32-25(22-34(26)37)14-17-31-30-10-4-5-11-33(30)38(35(31)32)29-15-12-24(13-16-29)27-7-6-19-36-23-27/h1-23H. The molecule has 178 valence electrons. The van der Waals surface area contributed by atoms with Crippen LogP contribution >= 0.6 is 0 Å². The largest absolute Gasteiger partial charge is 0.317 e. The third-order valence-corrected chi connectivity index (χ3v) is 7.61. The van der Waals surface area contributed by atoms with Gasteiger partial charge in [0.05, 0.1) is 16.6 Å². The van der Waals surface area contributed by atoms with Crippen LogP contribution in [0.2, 0.25) is 0 Å². The predicted molar refractivity (Wildman–Crippen MR) is 158 cm³/mol. The molecular weight excluding hydrogens is 462 g/mol. The summed E-state index contributed by atoms with van der Waals surface area (Å²) in [5.41, 5.74) is 8.28. The number of pyridine rings is 1. The number of benzene rings is 5. The normalized spacial score (nSPS) is 11.7. The summed E-state index contributed by atoms with van der Waals surface area (Å²) < 4.78 is 4.69. The lowest BCUT2D eigenvalue weighted by Gasteiger charge is -2.12. The molecule has 0 bridgehead atoms. The van der Waals surface area contributed by atoms with Gasteiger partial charge in [0.15, 0.2) is 0 Å². The maximum absolute atomic E-state index is 4.29. The van der Waals surface area contributed by atoms with Crippen molar-refractivity contribution in [3.8, 4) is 22.5 Å². The smallest absolute Gasteiger partial charge is 0.0619 e. The van der Waals surface area contributed by atoms with Gasteiger partial charge in [-0.25, -0.2) is 0 Å². The van der Waals surface area contributed by atoms with E-state index in [0.717, 1.165) is 16.8 Å². The van der Waals surface area contributed by atoms with Gasteiger partial charge < -0.3 is 9.13 Å². The van der Waals surface area contributed by atoms with E-state index in [9.17, 15) is 0 Å². The van der Waals surface area contributed by atoms with Crippen LogP contribution in [0.1, 0.15) is 0 Å².